The molecule has 2 fully saturated rings. The van der Waals surface area contributed by atoms with Gasteiger partial charge in [0.2, 0.25) is 0 Å². The van der Waals surface area contributed by atoms with Gasteiger partial charge in [-0.05, 0) is 43.4 Å². The van der Waals surface area contributed by atoms with Gasteiger partial charge in [0, 0.05) is 36.4 Å². The molecule has 2 aliphatic rings. The number of piperidine rings is 1. The molecule has 1 saturated heterocycles. The van der Waals surface area contributed by atoms with E-state index in [0.717, 1.165) is 37.5 Å². The van der Waals surface area contributed by atoms with E-state index in [4.69, 9.17) is 11.6 Å². The number of benzene rings is 1. The molecule has 2 N–H and O–H groups in total. The number of aliphatic hydroxyl groups is 1. The van der Waals surface area contributed by atoms with Gasteiger partial charge in [0.25, 0.3) is 0 Å². The minimum Gasteiger partial charge on any atom is -0.393 e. The zero-order chi connectivity index (χ0) is 13.2. The lowest BCUT2D eigenvalue weighted by molar-refractivity contribution is 0.145. The number of anilines is 1. The fraction of sp³-hybridized carbons (Fsp3) is 0.600. The van der Waals surface area contributed by atoms with Gasteiger partial charge in [0.15, 0.2) is 0 Å². The van der Waals surface area contributed by atoms with Crippen LogP contribution in [0.2, 0.25) is 5.02 Å². The largest absolute Gasteiger partial charge is 0.393 e. The summed E-state index contributed by atoms with van der Waals surface area (Å²) in [6, 6.07) is 7.04. The predicted molar refractivity (Wildman–Crippen MR) is 78.8 cm³/mol. The normalized spacial score (nSPS) is 20.8. The van der Waals surface area contributed by atoms with Gasteiger partial charge in [0.05, 0.1) is 6.10 Å². The second-order valence-corrected chi connectivity index (χ2v) is 6.06. The quantitative estimate of drug-likeness (QED) is 0.890. The average molecular weight is 281 g/mol. The third kappa shape index (κ3) is 3.41. The van der Waals surface area contributed by atoms with Crippen LogP contribution >= 0.6 is 11.6 Å². The van der Waals surface area contributed by atoms with Gasteiger partial charge in [-0.25, -0.2) is 0 Å². The van der Waals surface area contributed by atoms with E-state index in [1.54, 1.807) is 0 Å². The van der Waals surface area contributed by atoms with E-state index in [0.29, 0.717) is 6.04 Å². The second-order valence-electron chi connectivity index (χ2n) is 5.65. The lowest BCUT2D eigenvalue weighted by Gasteiger charge is -2.31. The van der Waals surface area contributed by atoms with Crippen LogP contribution in [-0.2, 0) is 6.54 Å². The summed E-state index contributed by atoms with van der Waals surface area (Å²) in [5, 5.41) is 13.9. The first kappa shape index (κ1) is 13.2. The molecule has 1 heterocycles. The van der Waals surface area contributed by atoms with Crippen LogP contribution in [0, 0.1) is 0 Å². The molecule has 3 rings (SSSR count). The highest BCUT2D eigenvalue weighted by molar-refractivity contribution is 6.31. The van der Waals surface area contributed by atoms with Gasteiger partial charge in [0.1, 0.15) is 0 Å². The maximum Gasteiger partial charge on any atom is 0.0574 e. The number of hydrogen-bond acceptors (Lipinski definition) is 3. The Morgan fingerprint density at radius 1 is 1.21 bits per heavy atom. The topological polar surface area (TPSA) is 35.5 Å². The zero-order valence-corrected chi connectivity index (χ0v) is 11.9. The smallest absolute Gasteiger partial charge is 0.0574 e. The van der Waals surface area contributed by atoms with Crippen LogP contribution in [0.3, 0.4) is 0 Å². The van der Waals surface area contributed by atoms with Crippen molar-refractivity contribution in [3.8, 4) is 0 Å². The number of halogens is 1. The molecular formula is C15H21ClN2O. The predicted octanol–water partition coefficient (Wildman–Crippen LogP) is 2.55. The van der Waals surface area contributed by atoms with Crippen molar-refractivity contribution in [3.63, 3.8) is 0 Å². The lowest BCUT2D eigenvalue weighted by atomic mass is 10.1. The van der Waals surface area contributed by atoms with Crippen molar-refractivity contribution in [2.75, 3.05) is 18.0 Å². The van der Waals surface area contributed by atoms with E-state index >= 15 is 0 Å². The van der Waals surface area contributed by atoms with E-state index in [9.17, 15) is 5.11 Å². The molecule has 1 aliphatic heterocycles. The molecule has 1 saturated carbocycles. The fourth-order valence-corrected chi connectivity index (χ4v) is 2.78. The number of hydrogen-bond donors (Lipinski definition) is 2. The zero-order valence-electron chi connectivity index (χ0n) is 11.1. The third-order valence-corrected chi connectivity index (χ3v) is 4.38. The van der Waals surface area contributed by atoms with Crippen molar-refractivity contribution >= 4 is 17.3 Å². The summed E-state index contributed by atoms with van der Waals surface area (Å²) in [5.41, 5.74) is 2.35. The van der Waals surface area contributed by atoms with Gasteiger partial charge in [-0.1, -0.05) is 17.7 Å². The van der Waals surface area contributed by atoms with Gasteiger partial charge >= 0.3 is 0 Å². The first-order valence-electron chi connectivity index (χ1n) is 7.17. The van der Waals surface area contributed by atoms with E-state index in [-0.39, 0.29) is 6.10 Å². The van der Waals surface area contributed by atoms with Crippen LogP contribution < -0.4 is 10.2 Å². The number of nitrogens with zero attached hydrogens (tertiary/aromatic N) is 1. The highest BCUT2D eigenvalue weighted by atomic mass is 35.5. The monoisotopic (exact) mass is 280 g/mol. The molecule has 4 heteroatoms. The van der Waals surface area contributed by atoms with E-state index in [1.807, 2.05) is 0 Å². The Balaban J connectivity index is 1.64. The molecule has 104 valence electrons. The summed E-state index contributed by atoms with van der Waals surface area (Å²) in [6.45, 7) is 2.69. The van der Waals surface area contributed by atoms with Crippen molar-refractivity contribution in [2.45, 2.75) is 44.4 Å². The van der Waals surface area contributed by atoms with E-state index in [2.05, 4.69) is 28.4 Å². The molecular weight excluding hydrogens is 260 g/mol. The Hall–Kier alpha value is -0.770. The maximum atomic E-state index is 9.54. The fourth-order valence-electron chi connectivity index (χ4n) is 2.54. The highest BCUT2D eigenvalue weighted by Crippen LogP contribution is 2.27. The Kier molecular flexibility index (Phi) is 3.96. The molecule has 0 bridgehead atoms. The number of rotatable bonds is 4. The Morgan fingerprint density at radius 3 is 2.58 bits per heavy atom. The van der Waals surface area contributed by atoms with Gasteiger partial charge in [-0.2, -0.15) is 0 Å². The minimum absolute atomic E-state index is 0.131. The van der Waals surface area contributed by atoms with Crippen LogP contribution in [0.1, 0.15) is 31.2 Å². The van der Waals surface area contributed by atoms with Crippen LogP contribution in [-0.4, -0.2) is 30.3 Å². The van der Waals surface area contributed by atoms with Crippen LogP contribution in [0.15, 0.2) is 18.2 Å². The molecule has 0 aromatic heterocycles. The van der Waals surface area contributed by atoms with Crippen LogP contribution in [0.4, 0.5) is 5.69 Å². The summed E-state index contributed by atoms with van der Waals surface area (Å²) < 4.78 is 0. The van der Waals surface area contributed by atoms with E-state index < -0.39 is 0 Å². The Bertz CT molecular complexity index is 440. The number of nitrogens with one attached hydrogen (secondary N) is 1. The minimum atomic E-state index is -0.131. The maximum absolute atomic E-state index is 9.54. The Morgan fingerprint density at radius 2 is 1.95 bits per heavy atom. The molecule has 19 heavy (non-hydrogen) atoms. The van der Waals surface area contributed by atoms with Gasteiger partial charge in [-0.15, -0.1) is 0 Å². The van der Waals surface area contributed by atoms with E-state index in [1.165, 1.54) is 24.1 Å². The number of aliphatic hydroxyl groups excluding tert-OH is 1. The molecule has 1 aromatic rings. The SMILES string of the molecule is OC1CCN(c2ccc(CNC3CC3)c(Cl)c2)CC1. The summed E-state index contributed by atoms with van der Waals surface area (Å²) in [5.74, 6) is 0. The van der Waals surface area contributed by atoms with Gasteiger partial charge in [-0.3, -0.25) is 0 Å². The molecule has 0 amide bonds. The van der Waals surface area contributed by atoms with Crippen molar-refractivity contribution < 1.29 is 5.11 Å². The molecule has 0 unspecified atom stereocenters. The van der Waals surface area contributed by atoms with Crippen LogP contribution in [0.25, 0.3) is 0 Å². The average Bonchev–Trinajstić information content (AvgIpc) is 3.22. The van der Waals surface area contributed by atoms with Crippen molar-refractivity contribution in [1.82, 2.24) is 5.32 Å². The molecule has 3 nitrogen and oxygen atoms in total. The lowest BCUT2D eigenvalue weighted by Crippen LogP contribution is -2.35. The summed E-state index contributed by atoms with van der Waals surface area (Å²) in [4.78, 5) is 2.30. The van der Waals surface area contributed by atoms with Gasteiger partial charge < -0.3 is 15.3 Å². The van der Waals surface area contributed by atoms with Crippen molar-refractivity contribution in [1.29, 1.82) is 0 Å². The highest BCUT2D eigenvalue weighted by Gasteiger charge is 2.21. The van der Waals surface area contributed by atoms with Crippen molar-refractivity contribution in [3.05, 3.63) is 28.8 Å². The standard InChI is InChI=1S/C15H21ClN2O/c16-15-9-13(18-7-5-14(19)6-8-18)4-1-11(15)10-17-12-2-3-12/h1,4,9,12,14,17,19H,2-3,5-8,10H2. The Labute approximate surface area is 119 Å². The summed E-state index contributed by atoms with van der Waals surface area (Å²) in [6.07, 6.45) is 4.16. The first-order valence-corrected chi connectivity index (χ1v) is 7.55. The molecule has 1 aliphatic carbocycles. The molecule has 0 radical (unpaired) electrons. The third-order valence-electron chi connectivity index (χ3n) is 4.02. The molecule has 0 spiro atoms. The van der Waals surface area contributed by atoms with Crippen LogP contribution in [0.5, 0.6) is 0 Å². The summed E-state index contributed by atoms with van der Waals surface area (Å²) in [7, 11) is 0. The summed E-state index contributed by atoms with van der Waals surface area (Å²) >= 11 is 6.37. The molecule has 0 atom stereocenters. The first-order chi connectivity index (χ1) is 9.22. The molecule has 1 aromatic carbocycles. The van der Waals surface area contributed by atoms with Crippen molar-refractivity contribution in [2.24, 2.45) is 0 Å². The second kappa shape index (κ2) is 5.70.